The van der Waals surface area contributed by atoms with Gasteiger partial charge >= 0.3 is 0 Å². The van der Waals surface area contributed by atoms with Crippen molar-refractivity contribution in [3.05, 3.63) is 89.5 Å². The number of carbonyl (C=O) groups excluding carboxylic acids is 1. The molecule has 2 heterocycles. The van der Waals surface area contributed by atoms with Gasteiger partial charge in [-0.05, 0) is 42.8 Å². The standard InChI is InChI=1S/C28H27N3O3/c1-19-8-13-24-25(18-19)31(20(2)32)28(33)26(24)27(21-6-4-3-5-7-21)29-22-9-11-23(12-10-22)30-14-16-34-17-15-30/h3-13,18,33H,14-17H2,1-2H3. The number of aryl methyl sites for hydroxylation is 1. The lowest BCUT2D eigenvalue weighted by atomic mass is 10.00. The van der Waals surface area contributed by atoms with Crippen molar-refractivity contribution < 1.29 is 14.6 Å². The summed E-state index contributed by atoms with van der Waals surface area (Å²) >= 11 is 0. The Bertz CT molecular complexity index is 1370. The van der Waals surface area contributed by atoms with Crippen molar-refractivity contribution in [2.45, 2.75) is 13.8 Å². The van der Waals surface area contributed by atoms with Gasteiger partial charge in [0.2, 0.25) is 11.8 Å². The molecule has 4 aromatic rings. The van der Waals surface area contributed by atoms with Gasteiger partial charge in [0.15, 0.2) is 0 Å². The zero-order valence-electron chi connectivity index (χ0n) is 19.4. The lowest BCUT2D eigenvalue weighted by Gasteiger charge is -2.28. The smallest absolute Gasteiger partial charge is 0.230 e. The maximum Gasteiger partial charge on any atom is 0.230 e. The van der Waals surface area contributed by atoms with Crippen molar-refractivity contribution in [2.75, 3.05) is 31.2 Å². The molecule has 0 bridgehead atoms. The van der Waals surface area contributed by atoms with Gasteiger partial charge in [0, 0.05) is 36.7 Å². The molecule has 1 aliphatic heterocycles. The monoisotopic (exact) mass is 453 g/mol. The number of fused-ring (bicyclic) bond motifs is 1. The molecule has 6 nitrogen and oxygen atoms in total. The number of ether oxygens (including phenoxy) is 1. The second kappa shape index (κ2) is 9.15. The minimum Gasteiger partial charge on any atom is -0.494 e. The van der Waals surface area contributed by atoms with Crippen LogP contribution in [0.1, 0.15) is 28.4 Å². The first-order chi connectivity index (χ1) is 16.5. The van der Waals surface area contributed by atoms with Crippen molar-refractivity contribution in [3.8, 4) is 5.88 Å². The Morgan fingerprint density at radius 2 is 1.68 bits per heavy atom. The second-order valence-electron chi connectivity index (χ2n) is 8.52. The molecular weight excluding hydrogens is 426 g/mol. The van der Waals surface area contributed by atoms with Gasteiger partial charge in [-0.2, -0.15) is 0 Å². The second-order valence-corrected chi connectivity index (χ2v) is 8.52. The Kier molecular flexibility index (Phi) is 5.90. The predicted octanol–water partition coefficient (Wildman–Crippen LogP) is 5.32. The van der Waals surface area contributed by atoms with Crippen molar-refractivity contribution in [1.29, 1.82) is 0 Å². The summed E-state index contributed by atoms with van der Waals surface area (Å²) in [5.74, 6) is -0.345. The van der Waals surface area contributed by atoms with Crippen LogP contribution in [0.25, 0.3) is 10.9 Å². The summed E-state index contributed by atoms with van der Waals surface area (Å²) in [7, 11) is 0. The molecule has 1 aromatic heterocycles. The molecule has 0 spiro atoms. The van der Waals surface area contributed by atoms with Crippen molar-refractivity contribution in [3.63, 3.8) is 0 Å². The lowest BCUT2D eigenvalue weighted by molar-refractivity contribution is 0.0933. The molecule has 0 unspecified atom stereocenters. The fraction of sp³-hybridized carbons (Fsp3) is 0.214. The Morgan fingerprint density at radius 1 is 0.971 bits per heavy atom. The van der Waals surface area contributed by atoms with E-state index in [2.05, 4.69) is 17.0 Å². The summed E-state index contributed by atoms with van der Waals surface area (Å²) in [5.41, 5.74) is 5.61. The fourth-order valence-corrected chi connectivity index (χ4v) is 4.49. The molecule has 0 radical (unpaired) electrons. The Labute approximate surface area is 198 Å². The van der Waals surface area contributed by atoms with E-state index in [1.165, 1.54) is 11.5 Å². The zero-order valence-corrected chi connectivity index (χ0v) is 19.4. The number of hydrogen-bond donors (Lipinski definition) is 1. The number of nitrogens with zero attached hydrogens (tertiary/aromatic N) is 3. The van der Waals surface area contributed by atoms with Crippen LogP contribution in [-0.4, -0.2) is 47.6 Å². The maximum absolute atomic E-state index is 12.5. The number of hydrogen-bond acceptors (Lipinski definition) is 5. The van der Waals surface area contributed by atoms with Crippen LogP contribution in [0, 0.1) is 6.92 Å². The number of carbonyl (C=O) groups is 1. The van der Waals surface area contributed by atoms with Gasteiger partial charge in [-0.1, -0.05) is 42.5 Å². The van der Waals surface area contributed by atoms with Gasteiger partial charge in [-0.3, -0.25) is 9.36 Å². The molecule has 0 aliphatic carbocycles. The number of aromatic nitrogens is 1. The van der Waals surface area contributed by atoms with Crippen LogP contribution in [0.15, 0.2) is 77.8 Å². The molecule has 5 rings (SSSR count). The number of benzene rings is 3. The molecule has 0 saturated carbocycles. The first-order valence-corrected chi connectivity index (χ1v) is 11.4. The molecule has 1 aliphatic rings. The van der Waals surface area contributed by atoms with E-state index in [9.17, 15) is 9.90 Å². The summed E-state index contributed by atoms with van der Waals surface area (Å²) in [6.07, 6.45) is 0. The molecular formula is C28H27N3O3. The first-order valence-electron chi connectivity index (χ1n) is 11.4. The van der Waals surface area contributed by atoms with E-state index in [1.807, 2.05) is 67.6 Å². The van der Waals surface area contributed by atoms with Crippen molar-refractivity contribution in [2.24, 2.45) is 4.99 Å². The van der Waals surface area contributed by atoms with E-state index < -0.39 is 0 Å². The highest BCUT2D eigenvalue weighted by Gasteiger charge is 2.24. The van der Waals surface area contributed by atoms with E-state index in [0.29, 0.717) is 16.8 Å². The topological polar surface area (TPSA) is 67.1 Å². The number of aromatic hydroxyl groups is 1. The minimum absolute atomic E-state index is 0.0966. The number of anilines is 1. The van der Waals surface area contributed by atoms with Crippen LogP contribution in [-0.2, 0) is 4.74 Å². The lowest BCUT2D eigenvalue weighted by Crippen LogP contribution is -2.36. The third-order valence-electron chi connectivity index (χ3n) is 6.16. The number of aliphatic imine (C=N–C) groups is 1. The normalized spacial score (nSPS) is 14.5. The Hall–Kier alpha value is -3.90. The predicted molar refractivity (Wildman–Crippen MR) is 136 cm³/mol. The highest BCUT2D eigenvalue weighted by atomic mass is 16.5. The van der Waals surface area contributed by atoms with Crippen LogP contribution >= 0.6 is 0 Å². The molecule has 6 heteroatoms. The summed E-state index contributed by atoms with van der Waals surface area (Å²) in [5, 5.41) is 12.0. The van der Waals surface area contributed by atoms with E-state index in [4.69, 9.17) is 9.73 Å². The average Bonchev–Trinajstić information content (AvgIpc) is 3.15. The van der Waals surface area contributed by atoms with E-state index in [1.54, 1.807) is 0 Å². The third kappa shape index (κ3) is 4.08. The van der Waals surface area contributed by atoms with Gasteiger partial charge < -0.3 is 14.7 Å². The fourth-order valence-electron chi connectivity index (χ4n) is 4.49. The summed E-state index contributed by atoms with van der Waals surface area (Å²) in [4.78, 5) is 19.7. The highest BCUT2D eigenvalue weighted by molar-refractivity contribution is 6.23. The summed E-state index contributed by atoms with van der Waals surface area (Å²) in [6, 6.07) is 23.7. The van der Waals surface area contributed by atoms with Gasteiger partial charge in [-0.25, -0.2) is 4.99 Å². The van der Waals surface area contributed by atoms with E-state index in [0.717, 1.165) is 54.2 Å². The third-order valence-corrected chi connectivity index (χ3v) is 6.16. The average molecular weight is 454 g/mol. The molecule has 0 amide bonds. The molecule has 1 saturated heterocycles. The number of rotatable bonds is 4. The van der Waals surface area contributed by atoms with Crippen LogP contribution in [0.5, 0.6) is 5.88 Å². The Balaban J connectivity index is 1.67. The zero-order chi connectivity index (χ0) is 23.7. The molecule has 34 heavy (non-hydrogen) atoms. The van der Waals surface area contributed by atoms with Crippen LogP contribution in [0.4, 0.5) is 11.4 Å². The molecule has 172 valence electrons. The SMILES string of the molecule is CC(=O)n1c(O)c(C(=Nc2ccc(N3CCOCC3)cc2)c2ccccc2)c2ccc(C)cc21. The van der Waals surface area contributed by atoms with Gasteiger partial charge in [0.1, 0.15) is 0 Å². The number of morpholine rings is 1. The highest BCUT2D eigenvalue weighted by Crippen LogP contribution is 2.35. The largest absolute Gasteiger partial charge is 0.494 e. The van der Waals surface area contributed by atoms with E-state index >= 15 is 0 Å². The van der Waals surface area contributed by atoms with Crippen LogP contribution < -0.4 is 4.90 Å². The van der Waals surface area contributed by atoms with E-state index in [-0.39, 0.29) is 11.8 Å². The maximum atomic E-state index is 12.5. The molecule has 0 atom stereocenters. The molecule has 3 aromatic carbocycles. The van der Waals surface area contributed by atoms with Gasteiger partial charge in [-0.15, -0.1) is 0 Å². The van der Waals surface area contributed by atoms with Crippen LogP contribution in [0.2, 0.25) is 0 Å². The molecule has 1 N–H and O–H groups in total. The minimum atomic E-state index is -0.248. The Morgan fingerprint density at radius 3 is 2.35 bits per heavy atom. The van der Waals surface area contributed by atoms with Crippen molar-refractivity contribution in [1.82, 2.24) is 4.57 Å². The van der Waals surface area contributed by atoms with Gasteiger partial charge in [0.05, 0.1) is 35.7 Å². The summed E-state index contributed by atoms with van der Waals surface area (Å²) in [6.45, 7) is 6.63. The van der Waals surface area contributed by atoms with Crippen molar-refractivity contribution >= 4 is 33.9 Å². The first kappa shape index (κ1) is 21.9. The summed E-state index contributed by atoms with van der Waals surface area (Å²) < 4.78 is 6.81. The quantitative estimate of drug-likeness (QED) is 0.425. The van der Waals surface area contributed by atoms with Crippen LogP contribution in [0.3, 0.4) is 0 Å². The molecule has 1 fully saturated rings. The van der Waals surface area contributed by atoms with Gasteiger partial charge in [0.25, 0.3) is 0 Å².